The average Bonchev–Trinajstić information content (AvgIpc) is 2.83. The summed E-state index contributed by atoms with van der Waals surface area (Å²) >= 11 is 1.80. The Morgan fingerprint density at radius 2 is 1.95 bits per heavy atom. The van der Waals surface area contributed by atoms with Gasteiger partial charge in [0.1, 0.15) is 0 Å². The molecule has 112 valence electrons. The van der Waals surface area contributed by atoms with Gasteiger partial charge in [-0.3, -0.25) is 10.1 Å². The lowest BCUT2D eigenvalue weighted by atomic mass is 10.0. The molecule has 1 heterocycles. The van der Waals surface area contributed by atoms with Gasteiger partial charge in [0, 0.05) is 33.5 Å². The minimum Gasteiger partial charge on any atom is -0.307 e. The summed E-state index contributed by atoms with van der Waals surface area (Å²) in [7, 11) is 0. The van der Waals surface area contributed by atoms with Crippen molar-refractivity contribution >= 4 is 17.0 Å². The van der Waals surface area contributed by atoms with Crippen molar-refractivity contribution in [2.45, 2.75) is 39.3 Å². The van der Waals surface area contributed by atoms with Gasteiger partial charge >= 0.3 is 0 Å². The van der Waals surface area contributed by atoms with Crippen LogP contribution < -0.4 is 5.32 Å². The summed E-state index contributed by atoms with van der Waals surface area (Å²) in [6, 6.07) is 11.4. The molecule has 1 aromatic heterocycles. The number of thiophene rings is 1. The first-order valence-corrected chi connectivity index (χ1v) is 7.83. The van der Waals surface area contributed by atoms with E-state index in [9.17, 15) is 10.1 Å². The second kappa shape index (κ2) is 6.83. The third-order valence-electron chi connectivity index (χ3n) is 3.44. The first-order valence-electron chi connectivity index (χ1n) is 7.02. The van der Waals surface area contributed by atoms with E-state index < -0.39 is 0 Å². The smallest absolute Gasteiger partial charge is 0.274 e. The maximum atomic E-state index is 11.1. The van der Waals surface area contributed by atoms with Crippen molar-refractivity contribution in [2.24, 2.45) is 0 Å². The topological polar surface area (TPSA) is 55.2 Å². The molecule has 2 atom stereocenters. The number of para-hydroxylation sites is 1. The zero-order chi connectivity index (χ0) is 15.4. The lowest BCUT2D eigenvalue weighted by Gasteiger charge is -2.20. The lowest BCUT2D eigenvalue weighted by Crippen LogP contribution is -2.30. The van der Waals surface area contributed by atoms with Gasteiger partial charge in [-0.1, -0.05) is 18.2 Å². The Morgan fingerprint density at radius 3 is 2.57 bits per heavy atom. The van der Waals surface area contributed by atoms with Crippen molar-refractivity contribution in [2.75, 3.05) is 0 Å². The van der Waals surface area contributed by atoms with E-state index in [-0.39, 0.29) is 22.7 Å². The molecule has 21 heavy (non-hydrogen) atoms. The predicted molar refractivity (Wildman–Crippen MR) is 86.9 cm³/mol. The number of hydrogen-bond donors (Lipinski definition) is 1. The fourth-order valence-electron chi connectivity index (χ4n) is 2.49. The monoisotopic (exact) mass is 304 g/mol. The fourth-order valence-corrected chi connectivity index (χ4v) is 3.51. The van der Waals surface area contributed by atoms with Crippen molar-refractivity contribution in [3.8, 4) is 0 Å². The number of hydrogen-bond acceptors (Lipinski definition) is 4. The normalized spacial score (nSPS) is 13.9. The van der Waals surface area contributed by atoms with Crippen molar-refractivity contribution < 1.29 is 4.92 Å². The van der Waals surface area contributed by atoms with Crippen molar-refractivity contribution in [3.63, 3.8) is 0 Å². The van der Waals surface area contributed by atoms with Crippen molar-refractivity contribution in [1.29, 1.82) is 0 Å². The van der Waals surface area contributed by atoms with Crippen LogP contribution in [0.2, 0.25) is 0 Å². The molecule has 2 aromatic rings. The first kappa shape index (κ1) is 15.7. The van der Waals surface area contributed by atoms with Crippen LogP contribution in [-0.2, 0) is 6.42 Å². The van der Waals surface area contributed by atoms with Crippen LogP contribution in [0.5, 0.6) is 0 Å². The molecule has 0 fully saturated rings. The van der Waals surface area contributed by atoms with Crippen LogP contribution in [0.15, 0.2) is 36.4 Å². The third kappa shape index (κ3) is 4.12. The molecule has 0 aliphatic rings. The minimum atomic E-state index is -0.319. The highest BCUT2D eigenvalue weighted by atomic mass is 32.1. The summed E-state index contributed by atoms with van der Waals surface area (Å²) in [6.45, 7) is 6.18. The molecule has 0 amide bonds. The van der Waals surface area contributed by atoms with E-state index >= 15 is 0 Å². The van der Waals surface area contributed by atoms with E-state index in [0.717, 1.165) is 12.0 Å². The van der Waals surface area contributed by atoms with Crippen molar-refractivity contribution in [3.05, 3.63) is 61.8 Å². The quantitative estimate of drug-likeness (QED) is 0.641. The molecule has 0 bridgehead atoms. The Balaban J connectivity index is 2.04. The standard InChI is InChI=1S/C16H20N2O2S/c1-11(10-14-9-8-12(2)21-14)17-13(3)15-6-4-5-7-16(15)18(19)20/h4-9,11,13,17H,10H2,1-3H3. The van der Waals surface area contributed by atoms with E-state index in [4.69, 9.17) is 0 Å². The molecule has 1 N–H and O–H groups in total. The van der Waals surface area contributed by atoms with Gasteiger partial charge in [0.25, 0.3) is 5.69 Å². The Kier molecular flexibility index (Phi) is 5.09. The zero-order valence-electron chi connectivity index (χ0n) is 12.5. The molecule has 0 aliphatic carbocycles. The van der Waals surface area contributed by atoms with Crippen LogP contribution in [0.1, 0.15) is 35.2 Å². The van der Waals surface area contributed by atoms with Crippen molar-refractivity contribution in [1.82, 2.24) is 5.32 Å². The number of rotatable bonds is 6. The SMILES string of the molecule is Cc1ccc(CC(C)NC(C)c2ccccc2[N+](=O)[O-])s1. The molecule has 0 saturated carbocycles. The summed E-state index contributed by atoms with van der Waals surface area (Å²) in [5, 5.41) is 14.5. The maximum absolute atomic E-state index is 11.1. The van der Waals surface area contributed by atoms with Gasteiger partial charge in [0.05, 0.1) is 4.92 Å². The summed E-state index contributed by atoms with van der Waals surface area (Å²) in [6.07, 6.45) is 0.934. The Bertz CT molecular complexity index is 624. The number of benzene rings is 1. The van der Waals surface area contributed by atoms with E-state index in [1.165, 1.54) is 9.75 Å². The largest absolute Gasteiger partial charge is 0.307 e. The molecule has 2 rings (SSSR count). The van der Waals surface area contributed by atoms with Gasteiger partial charge in [-0.25, -0.2) is 0 Å². The number of aryl methyl sites for hydroxylation is 1. The molecule has 0 saturated heterocycles. The van der Waals surface area contributed by atoms with E-state index in [0.29, 0.717) is 0 Å². The molecule has 0 spiro atoms. The highest BCUT2D eigenvalue weighted by Gasteiger charge is 2.19. The molecule has 0 radical (unpaired) electrons. The highest BCUT2D eigenvalue weighted by Crippen LogP contribution is 2.25. The Labute approximate surface area is 129 Å². The predicted octanol–water partition coefficient (Wildman–Crippen LogP) is 4.25. The number of nitro benzene ring substituents is 1. The number of nitrogens with one attached hydrogen (secondary N) is 1. The van der Waals surface area contributed by atoms with Crippen LogP contribution in [0.25, 0.3) is 0 Å². The number of nitro groups is 1. The lowest BCUT2D eigenvalue weighted by molar-refractivity contribution is -0.385. The molecule has 2 unspecified atom stereocenters. The number of nitrogens with zero attached hydrogens (tertiary/aromatic N) is 1. The Morgan fingerprint density at radius 1 is 1.24 bits per heavy atom. The van der Waals surface area contributed by atoms with E-state index in [2.05, 4.69) is 31.3 Å². The fraction of sp³-hybridized carbons (Fsp3) is 0.375. The second-order valence-corrected chi connectivity index (χ2v) is 6.69. The molecule has 1 aromatic carbocycles. The van der Waals surface area contributed by atoms with Crippen LogP contribution in [-0.4, -0.2) is 11.0 Å². The summed E-state index contributed by atoms with van der Waals surface area (Å²) in [4.78, 5) is 13.4. The Hall–Kier alpha value is -1.72. The second-order valence-electron chi connectivity index (χ2n) is 5.32. The van der Waals surface area contributed by atoms with Gasteiger partial charge in [-0.2, -0.15) is 0 Å². The third-order valence-corrected chi connectivity index (χ3v) is 4.46. The minimum absolute atomic E-state index is 0.0531. The van der Waals surface area contributed by atoms with Gasteiger partial charge in [0.15, 0.2) is 0 Å². The molecule has 0 aliphatic heterocycles. The molecular formula is C16H20N2O2S. The van der Waals surface area contributed by atoms with E-state index in [1.807, 2.05) is 19.1 Å². The molecular weight excluding hydrogens is 284 g/mol. The zero-order valence-corrected chi connectivity index (χ0v) is 13.3. The first-order chi connectivity index (χ1) is 9.97. The van der Waals surface area contributed by atoms with Crippen LogP contribution >= 0.6 is 11.3 Å². The molecule has 5 heteroatoms. The van der Waals surface area contributed by atoms with Crippen LogP contribution in [0, 0.1) is 17.0 Å². The van der Waals surface area contributed by atoms with Gasteiger partial charge in [-0.05, 0) is 39.3 Å². The highest BCUT2D eigenvalue weighted by molar-refractivity contribution is 7.11. The maximum Gasteiger partial charge on any atom is 0.274 e. The van der Waals surface area contributed by atoms with Crippen LogP contribution in [0.4, 0.5) is 5.69 Å². The summed E-state index contributed by atoms with van der Waals surface area (Å²) in [5.74, 6) is 0. The van der Waals surface area contributed by atoms with Gasteiger partial charge in [-0.15, -0.1) is 11.3 Å². The molecule has 4 nitrogen and oxygen atoms in total. The summed E-state index contributed by atoms with van der Waals surface area (Å²) in [5.41, 5.74) is 0.911. The van der Waals surface area contributed by atoms with Gasteiger partial charge < -0.3 is 5.32 Å². The van der Waals surface area contributed by atoms with E-state index in [1.54, 1.807) is 23.5 Å². The van der Waals surface area contributed by atoms with Crippen LogP contribution in [0.3, 0.4) is 0 Å². The van der Waals surface area contributed by atoms with Gasteiger partial charge in [0.2, 0.25) is 0 Å². The summed E-state index contributed by atoms with van der Waals surface area (Å²) < 4.78 is 0. The average molecular weight is 304 g/mol.